The van der Waals surface area contributed by atoms with E-state index < -0.39 is 0 Å². The minimum atomic E-state index is -0.336. The van der Waals surface area contributed by atoms with E-state index in [1.165, 1.54) is 6.21 Å². The van der Waals surface area contributed by atoms with Gasteiger partial charge < -0.3 is 9.84 Å². The number of carbonyl (C=O) groups excluding carboxylic acids is 1. The summed E-state index contributed by atoms with van der Waals surface area (Å²) in [5.41, 5.74) is 5.17. The van der Waals surface area contributed by atoms with Crippen LogP contribution in [0.15, 0.2) is 41.5 Å². The molecule has 0 saturated carbocycles. The smallest absolute Gasteiger partial charge is 0.277 e. The summed E-state index contributed by atoms with van der Waals surface area (Å²) in [6.07, 6.45) is 1.51. The number of amides is 1. The number of hydrogen-bond acceptors (Lipinski definition) is 4. The molecule has 120 valence electrons. The quantitative estimate of drug-likeness (QED) is 0.440. The standard InChI is InChI=1S/C17H17IN2O3/c1-11-4-3-5-12(2)17(11)23-10-16(22)20-19-9-13-6-7-15(21)14(18)8-13/h3-9,21H,10H2,1-2H3,(H,20,22)/b19-9+. The van der Waals surface area contributed by atoms with E-state index in [0.29, 0.717) is 0 Å². The van der Waals surface area contributed by atoms with Gasteiger partial charge in [0.15, 0.2) is 6.61 Å². The number of hydrazone groups is 1. The van der Waals surface area contributed by atoms with Crippen LogP contribution in [0.1, 0.15) is 16.7 Å². The minimum absolute atomic E-state index is 0.101. The Morgan fingerprint density at radius 3 is 2.65 bits per heavy atom. The van der Waals surface area contributed by atoms with E-state index in [2.05, 4.69) is 10.5 Å². The average Bonchev–Trinajstić information content (AvgIpc) is 2.50. The molecule has 0 aromatic heterocycles. The number of rotatable bonds is 5. The fraction of sp³-hybridized carbons (Fsp3) is 0.176. The third-order valence-corrected chi connectivity index (χ3v) is 4.00. The Balaban J connectivity index is 1.87. The van der Waals surface area contributed by atoms with Crippen LogP contribution in [0.4, 0.5) is 0 Å². The minimum Gasteiger partial charge on any atom is -0.507 e. The highest BCUT2D eigenvalue weighted by Crippen LogP contribution is 2.22. The lowest BCUT2D eigenvalue weighted by atomic mass is 10.1. The maximum Gasteiger partial charge on any atom is 0.277 e. The zero-order valence-electron chi connectivity index (χ0n) is 12.8. The van der Waals surface area contributed by atoms with Crippen molar-refractivity contribution < 1.29 is 14.6 Å². The molecule has 0 aliphatic carbocycles. The molecule has 2 N–H and O–H groups in total. The molecule has 0 saturated heterocycles. The van der Waals surface area contributed by atoms with E-state index in [9.17, 15) is 9.90 Å². The van der Waals surface area contributed by atoms with Gasteiger partial charge >= 0.3 is 0 Å². The van der Waals surface area contributed by atoms with Crippen molar-refractivity contribution in [3.05, 3.63) is 56.7 Å². The second-order valence-electron chi connectivity index (χ2n) is 5.01. The van der Waals surface area contributed by atoms with Crippen LogP contribution >= 0.6 is 22.6 Å². The zero-order valence-corrected chi connectivity index (χ0v) is 15.0. The van der Waals surface area contributed by atoms with Gasteiger partial charge in [-0.3, -0.25) is 4.79 Å². The number of carbonyl (C=O) groups is 1. The lowest BCUT2D eigenvalue weighted by Crippen LogP contribution is -2.25. The lowest BCUT2D eigenvalue weighted by molar-refractivity contribution is -0.123. The molecule has 0 bridgehead atoms. The van der Waals surface area contributed by atoms with Gasteiger partial charge in [0.1, 0.15) is 11.5 Å². The second-order valence-corrected chi connectivity index (χ2v) is 6.18. The molecule has 2 aromatic carbocycles. The fourth-order valence-electron chi connectivity index (χ4n) is 1.98. The summed E-state index contributed by atoms with van der Waals surface area (Å²) in [5, 5.41) is 13.3. The molecule has 0 aliphatic heterocycles. The van der Waals surface area contributed by atoms with E-state index in [1.54, 1.807) is 18.2 Å². The van der Waals surface area contributed by atoms with Crippen LogP contribution in [-0.2, 0) is 4.79 Å². The number of para-hydroxylation sites is 1. The van der Waals surface area contributed by atoms with Gasteiger partial charge in [0.2, 0.25) is 0 Å². The Hall–Kier alpha value is -2.09. The van der Waals surface area contributed by atoms with Crippen LogP contribution in [-0.4, -0.2) is 23.8 Å². The molecule has 2 aromatic rings. The topological polar surface area (TPSA) is 70.9 Å². The van der Waals surface area contributed by atoms with Gasteiger partial charge in [0, 0.05) is 0 Å². The number of benzene rings is 2. The zero-order chi connectivity index (χ0) is 16.8. The molecule has 0 fully saturated rings. The molecule has 0 atom stereocenters. The largest absolute Gasteiger partial charge is 0.507 e. The highest BCUT2D eigenvalue weighted by molar-refractivity contribution is 14.1. The van der Waals surface area contributed by atoms with E-state index in [0.717, 1.165) is 26.0 Å². The van der Waals surface area contributed by atoms with E-state index >= 15 is 0 Å². The van der Waals surface area contributed by atoms with Gasteiger partial charge in [0.25, 0.3) is 5.91 Å². The molecule has 0 heterocycles. The van der Waals surface area contributed by atoms with Crippen LogP contribution in [0, 0.1) is 17.4 Å². The van der Waals surface area contributed by atoms with Crippen molar-refractivity contribution in [1.29, 1.82) is 0 Å². The number of hydrogen-bond donors (Lipinski definition) is 2. The first kappa shape index (κ1) is 17.3. The summed E-state index contributed by atoms with van der Waals surface area (Å²) in [4.78, 5) is 11.8. The first-order valence-electron chi connectivity index (χ1n) is 6.97. The fourth-order valence-corrected chi connectivity index (χ4v) is 2.52. The first-order valence-corrected chi connectivity index (χ1v) is 8.04. The van der Waals surface area contributed by atoms with Crippen LogP contribution in [0.25, 0.3) is 0 Å². The Morgan fingerprint density at radius 2 is 2.00 bits per heavy atom. The molecule has 0 unspecified atom stereocenters. The number of aryl methyl sites for hydroxylation is 2. The van der Waals surface area contributed by atoms with Crippen LogP contribution in [0.5, 0.6) is 11.5 Å². The maximum atomic E-state index is 11.8. The van der Waals surface area contributed by atoms with Crippen molar-refractivity contribution in [2.75, 3.05) is 6.61 Å². The summed E-state index contributed by atoms with van der Waals surface area (Å²) in [5.74, 6) is 0.603. The monoisotopic (exact) mass is 424 g/mol. The summed E-state index contributed by atoms with van der Waals surface area (Å²) >= 11 is 2.02. The summed E-state index contributed by atoms with van der Waals surface area (Å²) < 4.78 is 6.27. The average molecular weight is 424 g/mol. The number of aromatic hydroxyl groups is 1. The number of nitrogens with one attached hydrogen (secondary N) is 1. The van der Waals surface area contributed by atoms with Crippen molar-refractivity contribution in [1.82, 2.24) is 5.43 Å². The van der Waals surface area contributed by atoms with Crippen molar-refractivity contribution in [2.45, 2.75) is 13.8 Å². The second kappa shape index (κ2) is 7.96. The molecular weight excluding hydrogens is 407 g/mol. The number of halogens is 1. The summed E-state index contributed by atoms with van der Waals surface area (Å²) in [6.45, 7) is 3.77. The van der Waals surface area contributed by atoms with E-state index in [4.69, 9.17) is 4.74 Å². The predicted molar refractivity (Wildman–Crippen MR) is 98.0 cm³/mol. The van der Waals surface area contributed by atoms with E-state index in [1.807, 2.05) is 54.6 Å². The summed E-state index contributed by atoms with van der Waals surface area (Å²) in [7, 11) is 0. The Labute approximate surface area is 148 Å². The van der Waals surface area contributed by atoms with Crippen molar-refractivity contribution in [2.24, 2.45) is 5.10 Å². The maximum absolute atomic E-state index is 11.8. The van der Waals surface area contributed by atoms with Crippen molar-refractivity contribution in [3.63, 3.8) is 0 Å². The molecule has 2 rings (SSSR count). The Bertz CT molecular complexity index is 724. The van der Waals surface area contributed by atoms with Gasteiger partial charge in [0.05, 0.1) is 9.78 Å². The van der Waals surface area contributed by atoms with Crippen LogP contribution < -0.4 is 10.2 Å². The Kier molecular flexibility index (Phi) is 5.97. The molecule has 0 spiro atoms. The van der Waals surface area contributed by atoms with Gasteiger partial charge in [-0.15, -0.1) is 0 Å². The number of phenols is 1. The lowest BCUT2D eigenvalue weighted by Gasteiger charge is -2.10. The van der Waals surface area contributed by atoms with E-state index in [-0.39, 0.29) is 18.3 Å². The third-order valence-electron chi connectivity index (χ3n) is 3.13. The van der Waals surface area contributed by atoms with Gasteiger partial charge in [-0.1, -0.05) is 18.2 Å². The normalized spacial score (nSPS) is 10.7. The molecule has 6 heteroatoms. The van der Waals surface area contributed by atoms with Gasteiger partial charge in [-0.2, -0.15) is 5.10 Å². The molecule has 23 heavy (non-hydrogen) atoms. The first-order chi connectivity index (χ1) is 11.0. The highest BCUT2D eigenvalue weighted by Gasteiger charge is 2.06. The SMILES string of the molecule is Cc1cccc(C)c1OCC(=O)N/N=C/c1ccc(O)c(I)c1. The number of ether oxygens (including phenoxy) is 1. The van der Waals surface area contributed by atoms with Gasteiger partial charge in [-0.25, -0.2) is 5.43 Å². The molecule has 0 aliphatic rings. The highest BCUT2D eigenvalue weighted by atomic mass is 127. The molecule has 1 amide bonds. The van der Waals surface area contributed by atoms with Crippen LogP contribution in [0.2, 0.25) is 0 Å². The molecule has 0 radical (unpaired) electrons. The third kappa shape index (κ3) is 4.95. The predicted octanol–water partition coefficient (Wildman–Crippen LogP) is 3.14. The van der Waals surface area contributed by atoms with Gasteiger partial charge in [-0.05, 0) is 71.3 Å². The Morgan fingerprint density at radius 1 is 1.30 bits per heavy atom. The summed E-state index contributed by atoms with van der Waals surface area (Å²) in [6, 6.07) is 10.9. The molecular formula is C17H17IN2O3. The van der Waals surface area contributed by atoms with Crippen molar-refractivity contribution >= 4 is 34.7 Å². The number of nitrogens with zero attached hydrogens (tertiary/aromatic N) is 1. The van der Waals surface area contributed by atoms with Crippen LogP contribution in [0.3, 0.4) is 0 Å². The van der Waals surface area contributed by atoms with Crippen molar-refractivity contribution in [3.8, 4) is 11.5 Å². The molecule has 5 nitrogen and oxygen atoms in total. The number of phenolic OH excluding ortho intramolecular Hbond substituents is 1.